The molecule has 53 valence electrons. The summed E-state index contributed by atoms with van der Waals surface area (Å²) in [7, 11) is 0. The van der Waals surface area contributed by atoms with Gasteiger partial charge in [-0.1, -0.05) is 0 Å². The lowest BCUT2D eigenvalue weighted by Crippen LogP contribution is -2.31. The van der Waals surface area contributed by atoms with Gasteiger partial charge in [-0.3, -0.25) is 0 Å². The third-order valence-electron chi connectivity index (χ3n) is 1.12. The molecule has 0 saturated carbocycles. The Morgan fingerprint density at radius 1 is 1.70 bits per heavy atom. The van der Waals surface area contributed by atoms with Crippen molar-refractivity contribution >= 4 is 5.97 Å². The Morgan fingerprint density at radius 2 is 2.40 bits per heavy atom. The fourth-order valence-electron chi connectivity index (χ4n) is 0.636. The third-order valence-corrected chi connectivity index (χ3v) is 1.12. The van der Waals surface area contributed by atoms with Crippen LogP contribution >= 0.6 is 0 Å². The molecule has 1 rings (SSSR count). The van der Waals surface area contributed by atoms with Crippen LogP contribution in [0.4, 0.5) is 0 Å². The highest BCUT2D eigenvalue weighted by atomic mass is 16.4. The molecule has 0 amide bonds. The maximum atomic E-state index is 10.3. The number of nitrogens with two attached hydrogens (primary N) is 1. The molecule has 0 unspecified atom stereocenters. The van der Waals surface area contributed by atoms with Crippen molar-refractivity contribution in [3.63, 3.8) is 0 Å². The Kier molecular flexibility index (Phi) is 1.73. The maximum absolute atomic E-state index is 10.3. The number of rotatable bonds is 1. The molecular weight excluding hydrogens is 132 g/mol. The summed E-state index contributed by atoms with van der Waals surface area (Å²) in [5.41, 5.74) is 5.38. The first-order valence-corrected chi connectivity index (χ1v) is 2.71. The van der Waals surface area contributed by atoms with E-state index in [9.17, 15) is 4.79 Å². The summed E-state index contributed by atoms with van der Waals surface area (Å²) in [4.78, 5) is 10.3. The number of carboxylic acid groups (broad SMARTS) is 1. The fraction of sp³-hybridized carbons (Fsp3) is 0. The average molecular weight is 139 g/mol. The number of nitrogens with one attached hydrogen (secondary N) is 1. The first-order chi connectivity index (χ1) is 4.72. The van der Waals surface area contributed by atoms with Crippen LogP contribution < -0.4 is 11.1 Å². The van der Waals surface area contributed by atoms with E-state index >= 15 is 0 Å². The molecule has 0 atom stereocenters. The predicted molar refractivity (Wildman–Crippen MR) is 35.4 cm³/mol. The van der Waals surface area contributed by atoms with Gasteiger partial charge >= 0.3 is 5.97 Å². The van der Waals surface area contributed by atoms with Gasteiger partial charge in [0.1, 0.15) is 0 Å². The van der Waals surface area contributed by atoms with Gasteiger partial charge in [-0.25, -0.2) is 4.79 Å². The Bertz CT molecular complexity index is 208. The minimum absolute atomic E-state index is 0.0995. The molecule has 0 aromatic heterocycles. The zero-order chi connectivity index (χ0) is 7.56. The van der Waals surface area contributed by atoms with E-state index in [-0.39, 0.29) is 11.7 Å². The smallest absolute Gasteiger partial charge is 0.335 e. The van der Waals surface area contributed by atoms with Crippen molar-refractivity contribution in [2.75, 3.05) is 0 Å². The van der Waals surface area contributed by atoms with Gasteiger partial charge in [-0.05, 0) is 18.4 Å². The topological polar surface area (TPSA) is 75.3 Å². The van der Waals surface area contributed by atoms with Crippen molar-refractivity contribution in [2.45, 2.75) is 0 Å². The summed E-state index contributed by atoms with van der Waals surface area (Å²) in [6.07, 6.45) is 4.77. The van der Waals surface area contributed by atoms with Gasteiger partial charge in [-0.15, -0.1) is 0 Å². The Balaban J connectivity index is 2.80. The lowest BCUT2D eigenvalue weighted by molar-refractivity contribution is -0.132. The van der Waals surface area contributed by atoms with E-state index in [1.165, 1.54) is 6.08 Å². The largest absolute Gasteiger partial charge is 0.478 e. The average Bonchev–Trinajstić information content (AvgIpc) is 1.88. The van der Waals surface area contributed by atoms with Crippen LogP contribution in [0.3, 0.4) is 0 Å². The second kappa shape index (κ2) is 2.53. The molecule has 4 nitrogen and oxygen atoms in total. The summed E-state index contributed by atoms with van der Waals surface area (Å²) >= 11 is 0. The number of carbonyl (C=O) groups is 1. The van der Waals surface area contributed by atoms with E-state index in [2.05, 4.69) is 5.32 Å². The molecule has 4 N–H and O–H groups in total. The van der Waals surface area contributed by atoms with Gasteiger partial charge in [0.15, 0.2) is 6.17 Å². The van der Waals surface area contributed by atoms with E-state index in [0.717, 1.165) is 0 Å². The highest BCUT2D eigenvalue weighted by Crippen LogP contribution is 2.07. The van der Waals surface area contributed by atoms with Gasteiger partial charge in [-0.2, -0.15) is 0 Å². The van der Waals surface area contributed by atoms with Gasteiger partial charge < -0.3 is 16.2 Å². The van der Waals surface area contributed by atoms with Crippen LogP contribution in [0.25, 0.3) is 0 Å². The molecular formula is C6H7N2O2. The van der Waals surface area contributed by atoms with Crippen molar-refractivity contribution < 1.29 is 9.90 Å². The normalized spacial score (nSPS) is 17.9. The van der Waals surface area contributed by atoms with Gasteiger partial charge in [0.25, 0.3) is 0 Å². The minimum Gasteiger partial charge on any atom is -0.478 e. The number of allylic oxidation sites excluding steroid dienone is 2. The van der Waals surface area contributed by atoms with Crippen molar-refractivity contribution in [3.8, 4) is 0 Å². The number of hydrogen-bond acceptors (Lipinski definition) is 3. The van der Waals surface area contributed by atoms with Crippen LogP contribution in [0.1, 0.15) is 0 Å². The number of hydrogen-bond donors (Lipinski definition) is 3. The van der Waals surface area contributed by atoms with Crippen LogP contribution in [0.5, 0.6) is 0 Å². The van der Waals surface area contributed by atoms with Crippen molar-refractivity contribution in [2.24, 2.45) is 5.73 Å². The Labute approximate surface area is 58.0 Å². The molecule has 1 heterocycles. The Morgan fingerprint density at radius 3 is 2.80 bits per heavy atom. The summed E-state index contributed by atoms with van der Waals surface area (Å²) in [5, 5.41) is 11.0. The fourth-order valence-corrected chi connectivity index (χ4v) is 0.636. The van der Waals surface area contributed by atoms with Gasteiger partial charge in [0.2, 0.25) is 0 Å². The molecule has 0 aliphatic carbocycles. The molecule has 0 spiro atoms. The van der Waals surface area contributed by atoms with Crippen LogP contribution in [-0.2, 0) is 4.79 Å². The molecule has 1 aliphatic heterocycles. The Hall–Kier alpha value is -1.29. The standard InChI is InChI=1S/C6H7N2O2/c7-5-4(6(9)10)2-1-3-8-5/h1-3,8H,7H2,(H,9,10). The minimum atomic E-state index is -1.02. The van der Waals surface area contributed by atoms with E-state index in [4.69, 9.17) is 10.8 Å². The van der Waals surface area contributed by atoms with Crippen molar-refractivity contribution in [3.05, 3.63) is 30.1 Å². The molecule has 0 aromatic rings. The van der Waals surface area contributed by atoms with E-state index in [1.807, 2.05) is 0 Å². The van der Waals surface area contributed by atoms with Crippen LogP contribution in [0, 0.1) is 6.17 Å². The first kappa shape index (κ1) is 6.82. The van der Waals surface area contributed by atoms with Gasteiger partial charge in [0, 0.05) is 0 Å². The van der Waals surface area contributed by atoms with Crippen molar-refractivity contribution in [1.82, 2.24) is 5.32 Å². The number of dihydropyridines is 1. The molecule has 4 heteroatoms. The zero-order valence-corrected chi connectivity index (χ0v) is 5.16. The van der Waals surface area contributed by atoms with Crippen LogP contribution in [-0.4, -0.2) is 11.1 Å². The highest BCUT2D eigenvalue weighted by molar-refractivity contribution is 5.90. The number of carboxylic acids is 1. The molecule has 0 fully saturated rings. The predicted octanol–water partition coefficient (Wildman–Crippen LogP) is -0.438. The summed E-state index contributed by atoms with van der Waals surface area (Å²) in [6.45, 7) is 0. The quantitative estimate of drug-likeness (QED) is 0.460. The molecule has 0 bridgehead atoms. The second-order valence-corrected chi connectivity index (χ2v) is 1.80. The van der Waals surface area contributed by atoms with Crippen LogP contribution in [0.15, 0.2) is 23.9 Å². The van der Waals surface area contributed by atoms with Crippen molar-refractivity contribution in [1.29, 1.82) is 0 Å². The maximum Gasteiger partial charge on any atom is 0.335 e. The molecule has 10 heavy (non-hydrogen) atoms. The molecule has 1 radical (unpaired) electrons. The monoisotopic (exact) mass is 139 g/mol. The summed E-state index contributed by atoms with van der Waals surface area (Å²) < 4.78 is 0. The lowest BCUT2D eigenvalue weighted by Gasteiger charge is -2.13. The van der Waals surface area contributed by atoms with E-state index in [1.54, 1.807) is 12.3 Å². The lowest BCUT2D eigenvalue weighted by atomic mass is 10.1. The van der Waals surface area contributed by atoms with E-state index in [0.29, 0.717) is 0 Å². The SMILES string of the molecule is N[C]1NC=CC=C1C(=O)O. The zero-order valence-electron chi connectivity index (χ0n) is 5.16. The van der Waals surface area contributed by atoms with Crippen LogP contribution in [0.2, 0.25) is 0 Å². The molecule has 0 aromatic carbocycles. The van der Waals surface area contributed by atoms with Gasteiger partial charge in [0.05, 0.1) is 5.57 Å². The second-order valence-electron chi connectivity index (χ2n) is 1.80. The molecule has 0 saturated heterocycles. The summed E-state index contributed by atoms with van der Waals surface area (Å²) in [6, 6.07) is 0. The summed E-state index contributed by atoms with van der Waals surface area (Å²) in [5.74, 6) is -1.02. The third kappa shape index (κ3) is 1.16. The van der Waals surface area contributed by atoms with E-state index < -0.39 is 5.97 Å². The highest BCUT2D eigenvalue weighted by Gasteiger charge is 2.17. The number of aliphatic carboxylic acids is 1. The first-order valence-electron chi connectivity index (χ1n) is 2.71. The molecule has 1 aliphatic rings.